The number of allylic oxidation sites excluding steroid dienone is 4. The highest BCUT2D eigenvalue weighted by Crippen LogP contribution is 2.70. The zero-order valence-electron chi connectivity index (χ0n) is 19.1. The third kappa shape index (κ3) is 2.32. The van der Waals surface area contributed by atoms with Crippen LogP contribution in [0.3, 0.4) is 0 Å². The van der Waals surface area contributed by atoms with Gasteiger partial charge in [0.1, 0.15) is 0 Å². The Bertz CT molecular complexity index is 1030. The average Bonchev–Trinajstić information content (AvgIpc) is 3.24. The minimum atomic E-state index is -0.0508. The van der Waals surface area contributed by atoms with Gasteiger partial charge in [-0.3, -0.25) is 0 Å². The van der Waals surface area contributed by atoms with Crippen molar-refractivity contribution in [2.75, 3.05) is 0 Å². The molecule has 157 valence electrons. The smallest absolute Gasteiger partial charge is 0.0590 e. The number of hydrogen-bond donors (Lipinski definition) is 0. The molecule has 4 fully saturated rings. The molecule has 2 aromatic rings. The van der Waals surface area contributed by atoms with E-state index in [2.05, 4.69) is 75.4 Å². The van der Waals surface area contributed by atoms with E-state index in [9.17, 15) is 0 Å². The van der Waals surface area contributed by atoms with Crippen LogP contribution in [0.2, 0.25) is 0 Å². The van der Waals surface area contributed by atoms with Crippen LogP contribution >= 0.6 is 0 Å². The summed E-state index contributed by atoms with van der Waals surface area (Å²) >= 11 is 0. The zero-order valence-corrected chi connectivity index (χ0v) is 19.1. The van der Waals surface area contributed by atoms with E-state index < -0.39 is 0 Å². The first-order valence-electron chi connectivity index (χ1n) is 12.6. The molecule has 1 radical (unpaired) electrons. The van der Waals surface area contributed by atoms with Gasteiger partial charge in [0.05, 0.1) is 5.41 Å². The van der Waals surface area contributed by atoms with Gasteiger partial charge >= 0.3 is 0 Å². The SMILES string of the molecule is Cc1ccc(C2(c3ccc(C)cc3)C3=[C]C(C)C2=C3C2C3CC4CC(C3)CC2C4)cc1. The standard InChI is InChI=1S/C31H33/c1-18-4-8-25(9-5-18)31(26-10-6-19(2)7-11-26)27-12-20(3)30(31)29(27)28-23-14-21-13-22(16-23)17-24(28)15-21/h4-11,20-24,28H,13-17H2,1-3H3. The van der Waals surface area contributed by atoms with E-state index in [4.69, 9.17) is 0 Å². The van der Waals surface area contributed by atoms with Gasteiger partial charge in [-0.1, -0.05) is 66.6 Å². The van der Waals surface area contributed by atoms with Crippen LogP contribution in [0.4, 0.5) is 0 Å². The van der Waals surface area contributed by atoms with Crippen molar-refractivity contribution >= 4 is 0 Å². The van der Waals surface area contributed by atoms with E-state index in [-0.39, 0.29) is 5.41 Å². The van der Waals surface area contributed by atoms with E-state index in [1.165, 1.54) is 54.4 Å². The fraction of sp³-hybridized carbons (Fsp3) is 0.484. The summed E-state index contributed by atoms with van der Waals surface area (Å²) in [5.74, 6) is 5.23. The van der Waals surface area contributed by atoms with Gasteiger partial charge in [-0.15, -0.1) is 0 Å². The Morgan fingerprint density at radius 3 is 1.61 bits per heavy atom. The lowest BCUT2D eigenvalue weighted by molar-refractivity contribution is -0.0220. The Labute approximate surface area is 187 Å². The molecule has 7 aliphatic rings. The monoisotopic (exact) mass is 405 g/mol. The van der Waals surface area contributed by atoms with E-state index >= 15 is 0 Å². The van der Waals surface area contributed by atoms with Crippen molar-refractivity contribution in [3.8, 4) is 0 Å². The van der Waals surface area contributed by atoms with Gasteiger partial charge in [0.15, 0.2) is 0 Å². The van der Waals surface area contributed by atoms with E-state index in [1.54, 1.807) is 16.7 Å². The highest BCUT2D eigenvalue weighted by Gasteiger charge is 2.62. The molecule has 1 atom stereocenters. The van der Waals surface area contributed by atoms with Crippen LogP contribution in [0.1, 0.15) is 61.3 Å². The highest BCUT2D eigenvalue weighted by atomic mass is 14.6. The number of hydrogen-bond acceptors (Lipinski definition) is 0. The van der Waals surface area contributed by atoms with Crippen molar-refractivity contribution in [3.63, 3.8) is 0 Å². The molecule has 0 nitrogen and oxygen atoms in total. The molecule has 2 aromatic carbocycles. The first-order chi connectivity index (χ1) is 15.1. The predicted octanol–water partition coefficient (Wildman–Crippen LogP) is 7.35. The molecule has 1 unspecified atom stereocenters. The third-order valence-electron chi connectivity index (χ3n) is 9.66. The topological polar surface area (TPSA) is 0 Å². The Morgan fingerprint density at radius 1 is 0.710 bits per heavy atom. The number of fused-ring (bicyclic) bond motifs is 2. The van der Waals surface area contributed by atoms with Crippen molar-refractivity contribution in [3.05, 3.63) is 93.6 Å². The molecule has 6 bridgehead atoms. The van der Waals surface area contributed by atoms with Crippen molar-refractivity contribution in [2.45, 2.75) is 58.3 Å². The third-order valence-corrected chi connectivity index (χ3v) is 9.66. The number of benzene rings is 2. The van der Waals surface area contributed by atoms with Gasteiger partial charge in [0.2, 0.25) is 0 Å². The predicted molar refractivity (Wildman–Crippen MR) is 127 cm³/mol. The van der Waals surface area contributed by atoms with Gasteiger partial charge in [0, 0.05) is 5.92 Å². The van der Waals surface area contributed by atoms with Crippen LogP contribution in [0.5, 0.6) is 0 Å². The first-order valence-corrected chi connectivity index (χ1v) is 12.6. The molecule has 0 heterocycles. The molecular weight excluding hydrogens is 372 g/mol. The molecular formula is C31H33. The Kier molecular flexibility index (Phi) is 3.72. The lowest BCUT2D eigenvalue weighted by atomic mass is 9.45. The largest absolute Gasteiger partial charge is 0.0679 e. The summed E-state index contributed by atoms with van der Waals surface area (Å²) in [4.78, 5) is 0. The van der Waals surface area contributed by atoms with Crippen molar-refractivity contribution < 1.29 is 0 Å². The first kappa shape index (κ1) is 18.5. The molecule has 0 aromatic heterocycles. The van der Waals surface area contributed by atoms with Crippen LogP contribution in [0.25, 0.3) is 0 Å². The van der Waals surface area contributed by atoms with Crippen LogP contribution in [-0.2, 0) is 5.41 Å². The van der Waals surface area contributed by atoms with Crippen LogP contribution in [0, 0.1) is 55.4 Å². The minimum Gasteiger partial charge on any atom is -0.0590 e. The van der Waals surface area contributed by atoms with Crippen molar-refractivity contribution in [2.24, 2.45) is 35.5 Å². The van der Waals surface area contributed by atoms with Gasteiger partial charge in [-0.25, -0.2) is 0 Å². The van der Waals surface area contributed by atoms with Crippen molar-refractivity contribution in [1.29, 1.82) is 0 Å². The van der Waals surface area contributed by atoms with Crippen molar-refractivity contribution in [1.82, 2.24) is 0 Å². The van der Waals surface area contributed by atoms with E-state index in [0.717, 1.165) is 29.6 Å². The molecule has 0 amide bonds. The van der Waals surface area contributed by atoms with Gasteiger partial charge < -0.3 is 0 Å². The summed E-state index contributed by atoms with van der Waals surface area (Å²) in [6, 6.07) is 18.8. The maximum atomic E-state index is 4.01. The van der Waals surface area contributed by atoms with Crippen LogP contribution in [0.15, 0.2) is 65.3 Å². The lowest BCUT2D eigenvalue weighted by Crippen LogP contribution is -2.50. The summed E-state index contributed by atoms with van der Waals surface area (Å²) < 4.78 is 0. The Balaban J connectivity index is 1.42. The second kappa shape index (κ2) is 6.25. The summed E-state index contributed by atoms with van der Waals surface area (Å²) in [6.07, 6.45) is 11.5. The zero-order chi connectivity index (χ0) is 20.9. The summed E-state index contributed by atoms with van der Waals surface area (Å²) in [5, 5.41) is 0. The fourth-order valence-electron chi connectivity index (χ4n) is 8.76. The summed E-state index contributed by atoms with van der Waals surface area (Å²) in [5.41, 5.74) is 10.6. The average molecular weight is 406 g/mol. The van der Waals surface area contributed by atoms with Gasteiger partial charge in [-0.2, -0.15) is 0 Å². The maximum Gasteiger partial charge on any atom is 0.0679 e. The molecule has 0 N–H and O–H groups in total. The molecule has 9 rings (SSSR count). The second-order valence-electron chi connectivity index (χ2n) is 11.5. The fourth-order valence-corrected chi connectivity index (χ4v) is 8.76. The molecule has 4 saturated carbocycles. The summed E-state index contributed by atoms with van der Waals surface area (Å²) in [7, 11) is 0. The molecule has 0 heteroatoms. The highest BCUT2D eigenvalue weighted by molar-refractivity contribution is 5.77. The second-order valence-corrected chi connectivity index (χ2v) is 11.5. The molecule has 31 heavy (non-hydrogen) atoms. The van der Waals surface area contributed by atoms with E-state index in [0.29, 0.717) is 5.92 Å². The minimum absolute atomic E-state index is 0.0508. The Morgan fingerprint density at radius 2 is 1.19 bits per heavy atom. The molecule has 0 spiro atoms. The van der Waals surface area contributed by atoms with Gasteiger partial charge in [-0.05, 0) is 109 Å². The molecule has 0 aliphatic heterocycles. The van der Waals surface area contributed by atoms with Gasteiger partial charge in [0.25, 0.3) is 0 Å². The summed E-state index contributed by atoms with van der Waals surface area (Å²) in [6.45, 7) is 6.80. The number of rotatable bonds is 3. The normalized spacial score (nSPS) is 36.5. The maximum absolute atomic E-state index is 4.01. The Hall–Kier alpha value is -2.08. The lowest BCUT2D eigenvalue weighted by Gasteiger charge is -2.59. The molecule has 7 aliphatic carbocycles. The quantitative estimate of drug-likeness (QED) is 0.501. The van der Waals surface area contributed by atoms with E-state index in [1.807, 2.05) is 0 Å². The number of aryl methyl sites for hydroxylation is 2. The molecule has 0 saturated heterocycles. The van der Waals surface area contributed by atoms with Crippen LogP contribution in [-0.4, -0.2) is 0 Å². The van der Waals surface area contributed by atoms with Crippen LogP contribution < -0.4 is 0 Å².